The molecule has 0 aliphatic rings. The summed E-state index contributed by atoms with van der Waals surface area (Å²) in [7, 11) is 0. The molecule has 0 saturated carbocycles. The van der Waals surface area contributed by atoms with Crippen molar-refractivity contribution in [3.63, 3.8) is 0 Å². The molecule has 0 aromatic rings. The summed E-state index contributed by atoms with van der Waals surface area (Å²) >= 11 is 0. The van der Waals surface area contributed by atoms with Crippen LogP contribution in [0.1, 0.15) is 54.4 Å². The van der Waals surface area contributed by atoms with Crippen LogP contribution in [0.15, 0.2) is 12.2 Å². The zero-order chi connectivity index (χ0) is 13.0. The second kappa shape index (κ2) is 5.83. The molecule has 16 heavy (non-hydrogen) atoms. The lowest BCUT2D eigenvalue weighted by atomic mass is 9.86. The second-order valence-corrected chi connectivity index (χ2v) is 6.71. The Morgan fingerprint density at radius 2 is 1.00 bits per heavy atom. The predicted octanol–water partition coefficient (Wildman–Crippen LogP) is 3.14. The van der Waals surface area contributed by atoms with Crippen LogP contribution in [0.3, 0.4) is 0 Å². The second-order valence-electron chi connectivity index (χ2n) is 6.71. The zero-order valence-electron chi connectivity index (χ0n) is 11.6. The maximum Gasteiger partial charge on any atom is 0.0622 e. The van der Waals surface area contributed by atoms with Gasteiger partial charge in [-0.3, -0.25) is 0 Å². The van der Waals surface area contributed by atoms with E-state index in [1.807, 2.05) is 53.7 Å². The van der Waals surface area contributed by atoms with E-state index in [1.54, 1.807) is 0 Å². The van der Waals surface area contributed by atoms with Crippen molar-refractivity contribution < 1.29 is 10.2 Å². The van der Waals surface area contributed by atoms with Crippen LogP contribution < -0.4 is 0 Å². The van der Waals surface area contributed by atoms with Crippen molar-refractivity contribution in [3.8, 4) is 0 Å². The van der Waals surface area contributed by atoms with Crippen molar-refractivity contribution in [2.24, 2.45) is 10.8 Å². The molecule has 0 heterocycles. The lowest BCUT2D eigenvalue weighted by Gasteiger charge is -2.25. The average molecular weight is 228 g/mol. The van der Waals surface area contributed by atoms with E-state index in [4.69, 9.17) is 0 Å². The van der Waals surface area contributed by atoms with Gasteiger partial charge in [-0.25, -0.2) is 0 Å². The van der Waals surface area contributed by atoms with E-state index >= 15 is 0 Å². The minimum Gasteiger partial charge on any atom is -0.392 e. The SMILES string of the molecule is CC(C)(C)C(O)C/C=C/CC(O)C(C)(C)C. The largest absolute Gasteiger partial charge is 0.392 e. The normalized spacial score (nSPS) is 17.8. The van der Waals surface area contributed by atoms with Gasteiger partial charge in [0.1, 0.15) is 0 Å². The molecule has 0 aromatic carbocycles. The van der Waals surface area contributed by atoms with Gasteiger partial charge in [-0.15, -0.1) is 0 Å². The monoisotopic (exact) mass is 228 g/mol. The Morgan fingerprint density at radius 1 is 0.750 bits per heavy atom. The van der Waals surface area contributed by atoms with Gasteiger partial charge in [-0.05, 0) is 23.7 Å². The molecule has 96 valence electrons. The van der Waals surface area contributed by atoms with E-state index in [-0.39, 0.29) is 23.0 Å². The third kappa shape index (κ3) is 6.29. The molecule has 2 N–H and O–H groups in total. The van der Waals surface area contributed by atoms with Crippen molar-refractivity contribution in [1.29, 1.82) is 0 Å². The molecule has 0 aliphatic carbocycles. The minimum atomic E-state index is -0.324. The van der Waals surface area contributed by atoms with E-state index in [9.17, 15) is 10.2 Å². The van der Waals surface area contributed by atoms with Crippen LogP contribution in [0.4, 0.5) is 0 Å². The van der Waals surface area contributed by atoms with Crippen LogP contribution in [0.2, 0.25) is 0 Å². The van der Waals surface area contributed by atoms with Crippen molar-refractivity contribution in [1.82, 2.24) is 0 Å². The Morgan fingerprint density at radius 3 is 1.19 bits per heavy atom. The first-order valence-electron chi connectivity index (χ1n) is 6.06. The van der Waals surface area contributed by atoms with E-state index in [1.165, 1.54) is 0 Å². The van der Waals surface area contributed by atoms with Crippen LogP contribution in [0.5, 0.6) is 0 Å². The molecule has 0 saturated heterocycles. The summed E-state index contributed by atoms with van der Waals surface area (Å²) in [6.45, 7) is 12.1. The summed E-state index contributed by atoms with van der Waals surface area (Å²) in [5.41, 5.74) is -0.153. The van der Waals surface area contributed by atoms with Gasteiger partial charge in [0.2, 0.25) is 0 Å². The van der Waals surface area contributed by atoms with Gasteiger partial charge in [-0.1, -0.05) is 53.7 Å². The highest BCUT2D eigenvalue weighted by atomic mass is 16.3. The fourth-order valence-corrected chi connectivity index (χ4v) is 1.16. The number of hydrogen-bond acceptors (Lipinski definition) is 2. The Kier molecular flexibility index (Phi) is 5.71. The molecule has 2 atom stereocenters. The molecule has 0 fully saturated rings. The van der Waals surface area contributed by atoms with Gasteiger partial charge in [0.15, 0.2) is 0 Å². The number of rotatable bonds is 4. The average Bonchev–Trinajstić information content (AvgIpc) is 2.08. The van der Waals surface area contributed by atoms with Crippen molar-refractivity contribution in [2.45, 2.75) is 66.6 Å². The lowest BCUT2D eigenvalue weighted by Crippen LogP contribution is -2.26. The first-order chi connectivity index (χ1) is 7.05. The molecule has 0 aromatic heterocycles. The minimum absolute atomic E-state index is 0.0764. The Labute approximate surface area is 100 Å². The van der Waals surface area contributed by atoms with Gasteiger partial charge in [-0.2, -0.15) is 0 Å². The van der Waals surface area contributed by atoms with Gasteiger partial charge >= 0.3 is 0 Å². The van der Waals surface area contributed by atoms with Crippen LogP contribution in [0, 0.1) is 10.8 Å². The highest BCUT2D eigenvalue weighted by molar-refractivity contribution is 4.90. The summed E-state index contributed by atoms with van der Waals surface area (Å²) in [6, 6.07) is 0. The fraction of sp³-hybridized carbons (Fsp3) is 0.857. The molecular weight excluding hydrogens is 200 g/mol. The summed E-state index contributed by atoms with van der Waals surface area (Å²) in [5, 5.41) is 19.6. The molecule has 0 radical (unpaired) electrons. The standard InChI is InChI=1S/C14H28O2/c1-13(2,3)11(15)9-7-8-10-12(16)14(4,5)6/h7-8,11-12,15-16H,9-10H2,1-6H3/b8-7+. The van der Waals surface area contributed by atoms with Crippen molar-refractivity contribution >= 4 is 0 Å². The Bertz CT molecular complexity index is 194. The summed E-state index contributed by atoms with van der Waals surface area (Å²) < 4.78 is 0. The van der Waals surface area contributed by atoms with Crippen molar-refractivity contribution in [3.05, 3.63) is 12.2 Å². The molecule has 0 amide bonds. The van der Waals surface area contributed by atoms with Gasteiger partial charge < -0.3 is 10.2 Å². The summed E-state index contributed by atoms with van der Waals surface area (Å²) in [5.74, 6) is 0. The van der Waals surface area contributed by atoms with E-state index < -0.39 is 0 Å². The van der Waals surface area contributed by atoms with E-state index in [2.05, 4.69) is 0 Å². The maximum absolute atomic E-state index is 9.80. The van der Waals surface area contributed by atoms with E-state index in [0.29, 0.717) is 12.8 Å². The quantitative estimate of drug-likeness (QED) is 0.726. The summed E-state index contributed by atoms with van der Waals surface area (Å²) in [4.78, 5) is 0. The molecule has 0 rings (SSSR count). The molecule has 2 heteroatoms. The molecular formula is C14H28O2. The van der Waals surface area contributed by atoms with Crippen LogP contribution >= 0.6 is 0 Å². The van der Waals surface area contributed by atoms with Crippen LogP contribution in [0.25, 0.3) is 0 Å². The maximum atomic E-state index is 9.80. The van der Waals surface area contributed by atoms with Gasteiger partial charge in [0.05, 0.1) is 12.2 Å². The van der Waals surface area contributed by atoms with Crippen LogP contribution in [-0.4, -0.2) is 22.4 Å². The Hall–Kier alpha value is -0.340. The lowest BCUT2D eigenvalue weighted by molar-refractivity contribution is 0.0626. The third-order valence-electron chi connectivity index (χ3n) is 2.88. The van der Waals surface area contributed by atoms with Gasteiger partial charge in [0, 0.05) is 0 Å². The number of hydrogen-bond donors (Lipinski definition) is 2. The topological polar surface area (TPSA) is 40.5 Å². The first kappa shape index (κ1) is 15.7. The number of aliphatic hydroxyl groups excluding tert-OH is 2. The van der Waals surface area contributed by atoms with Crippen LogP contribution in [-0.2, 0) is 0 Å². The van der Waals surface area contributed by atoms with E-state index in [0.717, 1.165) is 0 Å². The molecule has 2 unspecified atom stereocenters. The highest BCUT2D eigenvalue weighted by Crippen LogP contribution is 2.23. The smallest absolute Gasteiger partial charge is 0.0622 e. The molecule has 0 bridgehead atoms. The van der Waals surface area contributed by atoms with Gasteiger partial charge in [0.25, 0.3) is 0 Å². The summed E-state index contributed by atoms with van der Waals surface area (Å²) in [6.07, 6.45) is 4.59. The molecule has 0 aliphatic heterocycles. The first-order valence-corrected chi connectivity index (χ1v) is 6.06. The Balaban J connectivity index is 3.96. The highest BCUT2D eigenvalue weighted by Gasteiger charge is 2.21. The van der Waals surface area contributed by atoms with Crippen molar-refractivity contribution in [2.75, 3.05) is 0 Å². The zero-order valence-corrected chi connectivity index (χ0v) is 11.6. The molecule has 0 spiro atoms. The predicted molar refractivity (Wildman–Crippen MR) is 69.3 cm³/mol. The molecule has 2 nitrogen and oxygen atoms in total. The number of aliphatic hydroxyl groups is 2. The third-order valence-corrected chi connectivity index (χ3v) is 2.88. The fourth-order valence-electron chi connectivity index (χ4n) is 1.16.